The van der Waals surface area contributed by atoms with Crippen molar-refractivity contribution < 1.29 is 14.0 Å². The van der Waals surface area contributed by atoms with E-state index >= 15 is 0 Å². The number of aromatic nitrogens is 1. The molecule has 7 heteroatoms. The molecule has 1 aliphatic rings. The van der Waals surface area contributed by atoms with Gasteiger partial charge in [-0.3, -0.25) is 9.59 Å². The Kier molecular flexibility index (Phi) is 5.53. The minimum Gasteiger partial charge on any atom is -0.467 e. The normalized spacial score (nSPS) is 13.9. The summed E-state index contributed by atoms with van der Waals surface area (Å²) in [7, 11) is 0. The molecule has 0 unspecified atom stereocenters. The Hall–Kier alpha value is -2.28. The van der Waals surface area contributed by atoms with E-state index in [0.29, 0.717) is 12.1 Å². The Balaban J connectivity index is 1.45. The maximum Gasteiger partial charge on any atom is 0.255 e. The van der Waals surface area contributed by atoms with E-state index in [1.165, 1.54) is 11.8 Å². The highest BCUT2D eigenvalue weighted by atomic mass is 32.2. The van der Waals surface area contributed by atoms with Crippen LogP contribution in [-0.2, 0) is 11.3 Å². The first-order valence-electron chi connectivity index (χ1n) is 7.89. The van der Waals surface area contributed by atoms with Gasteiger partial charge in [0.25, 0.3) is 5.91 Å². The number of carbonyl (C=O) groups excluding carboxylic acids is 2. The van der Waals surface area contributed by atoms with Crippen molar-refractivity contribution in [3.05, 3.63) is 48.0 Å². The molecule has 0 saturated carbocycles. The number of thioether (sulfide) groups is 1. The second kappa shape index (κ2) is 8.01. The molecule has 1 fully saturated rings. The van der Waals surface area contributed by atoms with Crippen LogP contribution in [0.2, 0.25) is 0 Å². The van der Waals surface area contributed by atoms with Gasteiger partial charge in [-0.2, -0.15) is 0 Å². The van der Waals surface area contributed by atoms with Crippen LogP contribution < -0.4 is 5.32 Å². The van der Waals surface area contributed by atoms with Crippen molar-refractivity contribution in [2.75, 3.05) is 18.8 Å². The first-order chi connectivity index (χ1) is 11.7. The lowest BCUT2D eigenvalue weighted by molar-refractivity contribution is -0.118. The third-order valence-electron chi connectivity index (χ3n) is 3.77. The van der Waals surface area contributed by atoms with Gasteiger partial charge in [-0.25, -0.2) is 4.98 Å². The molecule has 1 saturated heterocycles. The summed E-state index contributed by atoms with van der Waals surface area (Å²) in [6.07, 6.45) is 5.30. The van der Waals surface area contributed by atoms with Gasteiger partial charge in [-0.05, 0) is 37.1 Å². The molecule has 0 atom stereocenters. The highest BCUT2D eigenvalue weighted by Gasteiger charge is 2.19. The van der Waals surface area contributed by atoms with Crippen molar-refractivity contribution in [3.63, 3.8) is 0 Å². The molecule has 1 N–H and O–H groups in total. The van der Waals surface area contributed by atoms with Gasteiger partial charge in [0.1, 0.15) is 5.76 Å². The SMILES string of the molecule is O=C(CSc1ccc(C(=O)N2CCCC2)cn1)NCc1ccco1. The lowest BCUT2D eigenvalue weighted by Gasteiger charge is -2.14. The van der Waals surface area contributed by atoms with Gasteiger partial charge in [0.05, 0.1) is 29.2 Å². The van der Waals surface area contributed by atoms with Gasteiger partial charge in [0.15, 0.2) is 0 Å². The summed E-state index contributed by atoms with van der Waals surface area (Å²) in [5.41, 5.74) is 0.600. The first kappa shape index (κ1) is 16.6. The molecule has 0 aromatic carbocycles. The molecular formula is C17H19N3O3S. The van der Waals surface area contributed by atoms with E-state index in [4.69, 9.17) is 4.42 Å². The predicted octanol–water partition coefficient (Wildman–Crippen LogP) is 2.32. The van der Waals surface area contributed by atoms with E-state index in [2.05, 4.69) is 10.3 Å². The van der Waals surface area contributed by atoms with Gasteiger partial charge in [-0.15, -0.1) is 0 Å². The molecule has 24 heavy (non-hydrogen) atoms. The third-order valence-corrected chi connectivity index (χ3v) is 4.71. The Morgan fingerprint density at radius 1 is 1.25 bits per heavy atom. The highest BCUT2D eigenvalue weighted by molar-refractivity contribution is 7.99. The van der Waals surface area contributed by atoms with Gasteiger partial charge in [0, 0.05) is 19.3 Å². The monoisotopic (exact) mass is 345 g/mol. The topological polar surface area (TPSA) is 75.4 Å². The lowest BCUT2D eigenvalue weighted by Crippen LogP contribution is -2.27. The molecule has 2 aromatic rings. The number of rotatable bonds is 6. The largest absolute Gasteiger partial charge is 0.467 e. The molecule has 0 radical (unpaired) electrons. The van der Waals surface area contributed by atoms with Crippen LogP contribution >= 0.6 is 11.8 Å². The number of nitrogens with one attached hydrogen (secondary N) is 1. The van der Waals surface area contributed by atoms with Crippen LogP contribution in [0.4, 0.5) is 0 Å². The second-order valence-electron chi connectivity index (χ2n) is 5.53. The zero-order valence-corrected chi connectivity index (χ0v) is 14.1. The van der Waals surface area contributed by atoms with E-state index < -0.39 is 0 Å². The summed E-state index contributed by atoms with van der Waals surface area (Å²) in [6, 6.07) is 7.15. The van der Waals surface area contributed by atoms with E-state index in [0.717, 1.165) is 36.7 Å². The van der Waals surface area contributed by atoms with E-state index in [-0.39, 0.29) is 17.6 Å². The molecule has 0 aliphatic carbocycles. The van der Waals surface area contributed by atoms with Crippen LogP contribution in [0.1, 0.15) is 29.0 Å². The quantitative estimate of drug-likeness (QED) is 0.813. The number of pyridine rings is 1. The molecule has 3 heterocycles. The standard InChI is InChI=1S/C17H19N3O3S/c21-15(18-11-14-4-3-9-23-14)12-24-16-6-5-13(10-19-16)17(22)20-7-1-2-8-20/h3-6,9-10H,1-2,7-8,11-12H2,(H,18,21). The molecule has 2 aromatic heterocycles. The van der Waals surface area contributed by atoms with Crippen molar-refractivity contribution >= 4 is 23.6 Å². The van der Waals surface area contributed by atoms with Gasteiger partial charge >= 0.3 is 0 Å². The Morgan fingerprint density at radius 2 is 2.08 bits per heavy atom. The molecule has 0 bridgehead atoms. The number of furan rings is 1. The zero-order chi connectivity index (χ0) is 16.8. The maximum atomic E-state index is 12.2. The minimum atomic E-state index is -0.0876. The summed E-state index contributed by atoms with van der Waals surface area (Å²) in [5, 5.41) is 3.50. The second-order valence-corrected chi connectivity index (χ2v) is 6.52. The smallest absolute Gasteiger partial charge is 0.255 e. The summed E-state index contributed by atoms with van der Waals surface area (Å²) >= 11 is 1.34. The third kappa shape index (κ3) is 4.38. The van der Waals surface area contributed by atoms with Crippen molar-refractivity contribution in [1.82, 2.24) is 15.2 Å². The van der Waals surface area contributed by atoms with Crippen molar-refractivity contribution in [2.45, 2.75) is 24.4 Å². The van der Waals surface area contributed by atoms with E-state index in [1.54, 1.807) is 30.7 Å². The lowest BCUT2D eigenvalue weighted by atomic mass is 10.2. The van der Waals surface area contributed by atoms with Crippen LogP contribution in [-0.4, -0.2) is 40.5 Å². The number of hydrogen-bond donors (Lipinski definition) is 1. The van der Waals surface area contributed by atoms with Crippen LogP contribution in [0.5, 0.6) is 0 Å². The number of amides is 2. The number of nitrogens with zero attached hydrogens (tertiary/aromatic N) is 2. The van der Waals surface area contributed by atoms with Crippen molar-refractivity contribution in [1.29, 1.82) is 0 Å². The van der Waals surface area contributed by atoms with Crippen molar-refractivity contribution in [2.24, 2.45) is 0 Å². The summed E-state index contributed by atoms with van der Waals surface area (Å²) < 4.78 is 5.15. The highest BCUT2D eigenvalue weighted by Crippen LogP contribution is 2.17. The molecule has 3 rings (SSSR count). The Bertz CT molecular complexity index is 680. The molecule has 1 aliphatic heterocycles. The van der Waals surface area contributed by atoms with Gasteiger partial charge in [0.2, 0.25) is 5.91 Å². The predicted molar refractivity (Wildman–Crippen MR) is 90.7 cm³/mol. The van der Waals surface area contributed by atoms with Gasteiger partial charge < -0.3 is 14.6 Å². The maximum absolute atomic E-state index is 12.2. The fourth-order valence-electron chi connectivity index (χ4n) is 2.48. The van der Waals surface area contributed by atoms with Crippen molar-refractivity contribution in [3.8, 4) is 0 Å². The number of likely N-dealkylation sites (tertiary alicyclic amines) is 1. The fourth-order valence-corrected chi connectivity index (χ4v) is 3.16. The van der Waals surface area contributed by atoms with E-state index in [9.17, 15) is 9.59 Å². The molecular weight excluding hydrogens is 326 g/mol. The zero-order valence-electron chi connectivity index (χ0n) is 13.2. The average Bonchev–Trinajstić information content (AvgIpc) is 3.31. The van der Waals surface area contributed by atoms with Crippen LogP contribution in [0.15, 0.2) is 46.2 Å². The molecule has 126 valence electrons. The number of hydrogen-bond acceptors (Lipinski definition) is 5. The summed E-state index contributed by atoms with van der Waals surface area (Å²) in [5.74, 6) is 0.937. The van der Waals surface area contributed by atoms with Crippen LogP contribution in [0, 0.1) is 0 Å². The summed E-state index contributed by atoms with van der Waals surface area (Å²) in [6.45, 7) is 2.03. The van der Waals surface area contributed by atoms with Crippen LogP contribution in [0.3, 0.4) is 0 Å². The van der Waals surface area contributed by atoms with Gasteiger partial charge in [-0.1, -0.05) is 11.8 Å². The fraction of sp³-hybridized carbons (Fsp3) is 0.353. The number of carbonyl (C=O) groups is 2. The Labute approximate surface area is 144 Å². The molecule has 6 nitrogen and oxygen atoms in total. The molecule has 0 spiro atoms. The average molecular weight is 345 g/mol. The van der Waals surface area contributed by atoms with Crippen LogP contribution in [0.25, 0.3) is 0 Å². The minimum absolute atomic E-state index is 0.0349. The van der Waals surface area contributed by atoms with E-state index in [1.807, 2.05) is 11.0 Å². The first-order valence-corrected chi connectivity index (χ1v) is 8.88. The summed E-state index contributed by atoms with van der Waals surface area (Å²) in [4.78, 5) is 30.1. The molecule has 2 amide bonds. The Morgan fingerprint density at radius 3 is 2.75 bits per heavy atom.